The highest BCUT2D eigenvalue weighted by molar-refractivity contribution is 5.98. The SMILES string of the molecule is CCOc1cccc(C2C(C(=O)OC)=CN(CC)C=C2C(=O)OC)c1. The number of carbonyl (C=O) groups excluding carboxylic acids is 2. The fourth-order valence-corrected chi connectivity index (χ4v) is 2.78. The standard InChI is InChI=1S/C19H23NO5/c1-5-20-11-15(18(21)23-3)17(16(12-20)19(22)24-4)13-8-7-9-14(10-13)25-6-2/h7-12,17H,5-6H2,1-4H3. The Balaban J connectivity index is 2.57. The van der Waals surface area contributed by atoms with Gasteiger partial charge in [-0.25, -0.2) is 9.59 Å². The number of benzene rings is 1. The Bertz CT molecular complexity index is 674. The van der Waals surface area contributed by atoms with Crippen molar-refractivity contribution in [1.29, 1.82) is 0 Å². The third kappa shape index (κ3) is 4.02. The van der Waals surface area contributed by atoms with Gasteiger partial charge in [0.15, 0.2) is 0 Å². The first-order chi connectivity index (χ1) is 12.0. The number of ether oxygens (including phenoxy) is 3. The summed E-state index contributed by atoms with van der Waals surface area (Å²) in [6.07, 6.45) is 3.41. The van der Waals surface area contributed by atoms with Crippen LogP contribution in [0.25, 0.3) is 0 Å². The zero-order valence-electron chi connectivity index (χ0n) is 14.9. The van der Waals surface area contributed by atoms with Crippen LogP contribution in [0.2, 0.25) is 0 Å². The summed E-state index contributed by atoms with van der Waals surface area (Å²) >= 11 is 0. The molecule has 2 rings (SSSR count). The minimum Gasteiger partial charge on any atom is -0.494 e. The molecule has 0 aromatic heterocycles. The van der Waals surface area contributed by atoms with E-state index in [4.69, 9.17) is 14.2 Å². The highest BCUT2D eigenvalue weighted by atomic mass is 16.5. The molecule has 0 bridgehead atoms. The maximum Gasteiger partial charge on any atom is 0.336 e. The number of hydrogen-bond acceptors (Lipinski definition) is 6. The number of nitrogens with zero attached hydrogens (tertiary/aromatic N) is 1. The smallest absolute Gasteiger partial charge is 0.336 e. The van der Waals surface area contributed by atoms with Crippen LogP contribution >= 0.6 is 0 Å². The van der Waals surface area contributed by atoms with Crippen molar-refractivity contribution in [2.75, 3.05) is 27.4 Å². The largest absolute Gasteiger partial charge is 0.494 e. The molecule has 134 valence electrons. The Kier molecular flexibility index (Phi) is 6.22. The van der Waals surface area contributed by atoms with E-state index in [0.29, 0.717) is 30.0 Å². The van der Waals surface area contributed by atoms with Crippen molar-refractivity contribution in [3.63, 3.8) is 0 Å². The molecule has 1 aromatic carbocycles. The van der Waals surface area contributed by atoms with Crippen LogP contribution in [-0.2, 0) is 19.1 Å². The molecular weight excluding hydrogens is 322 g/mol. The first-order valence-corrected chi connectivity index (χ1v) is 8.14. The van der Waals surface area contributed by atoms with E-state index in [-0.39, 0.29) is 0 Å². The number of methoxy groups -OCH3 is 2. The van der Waals surface area contributed by atoms with E-state index in [1.165, 1.54) is 14.2 Å². The highest BCUT2D eigenvalue weighted by Gasteiger charge is 2.35. The van der Waals surface area contributed by atoms with Gasteiger partial charge in [0.1, 0.15) is 5.75 Å². The van der Waals surface area contributed by atoms with Crippen molar-refractivity contribution in [3.8, 4) is 5.75 Å². The number of hydrogen-bond donors (Lipinski definition) is 0. The second kappa shape index (κ2) is 8.37. The second-order valence-electron chi connectivity index (χ2n) is 5.42. The molecule has 1 aliphatic heterocycles. The molecule has 0 saturated carbocycles. The molecule has 6 nitrogen and oxygen atoms in total. The van der Waals surface area contributed by atoms with Crippen LogP contribution in [0, 0.1) is 0 Å². The molecule has 0 amide bonds. The van der Waals surface area contributed by atoms with Gasteiger partial charge in [0.2, 0.25) is 0 Å². The van der Waals surface area contributed by atoms with Gasteiger partial charge >= 0.3 is 11.9 Å². The van der Waals surface area contributed by atoms with E-state index in [1.807, 2.05) is 38.1 Å². The Morgan fingerprint density at radius 3 is 2.12 bits per heavy atom. The average Bonchev–Trinajstić information content (AvgIpc) is 2.66. The molecule has 0 unspecified atom stereocenters. The van der Waals surface area contributed by atoms with E-state index in [2.05, 4.69) is 0 Å². The fourth-order valence-electron chi connectivity index (χ4n) is 2.78. The Hall–Kier alpha value is -2.76. The lowest BCUT2D eigenvalue weighted by molar-refractivity contribution is -0.137. The van der Waals surface area contributed by atoms with Crippen molar-refractivity contribution in [2.24, 2.45) is 0 Å². The maximum atomic E-state index is 12.4. The fraction of sp³-hybridized carbons (Fsp3) is 0.368. The summed E-state index contributed by atoms with van der Waals surface area (Å²) in [5.41, 5.74) is 1.51. The third-order valence-corrected chi connectivity index (χ3v) is 3.94. The van der Waals surface area contributed by atoms with Gasteiger partial charge in [-0.05, 0) is 31.5 Å². The van der Waals surface area contributed by atoms with E-state index in [0.717, 1.165) is 5.56 Å². The third-order valence-electron chi connectivity index (χ3n) is 3.94. The van der Waals surface area contributed by atoms with Crippen LogP contribution in [0.1, 0.15) is 25.3 Å². The van der Waals surface area contributed by atoms with Gasteiger partial charge in [0.25, 0.3) is 0 Å². The molecule has 0 aliphatic carbocycles. The minimum atomic E-state index is -0.580. The molecule has 0 fully saturated rings. The van der Waals surface area contributed by atoms with Gasteiger partial charge in [-0.1, -0.05) is 12.1 Å². The molecule has 1 aliphatic rings. The average molecular weight is 345 g/mol. The van der Waals surface area contributed by atoms with Gasteiger partial charge in [0, 0.05) is 18.9 Å². The predicted octanol–water partition coefficient (Wildman–Crippen LogP) is 2.62. The maximum absolute atomic E-state index is 12.4. The molecule has 25 heavy (non-hydrogen) atoms. The van der Waals surface area contributed by atoms with E-state index in [1.54, 1.807) is 17.3 Å². The summed E-state index contributed by atoms with van der Waals surface area (Å²) in [5.74, 6) is -0.881. The molecule has 1 aromatic rings. The normalized spacial score (nSPS) is 14.5. The summed E-state index contributed by atoms with van der Waals surface area (Å²) in [4.78, 5) is 26.5. The summed E-state index contributed by atoms with van der Waals surface area (Å²) in [5, 5.41) is 0. The van der Waals surface area contributed by atoms with Crippen molar-refractivity contribution < 1.29 is 23.8 Å². The van der Waals surface area contributed by atoms with Gasteiger partial charge in [0.05, 0.1) is 37.9 Å². The lowest BCUT2D eigenvalue weighted by Crippen LogP contribution is -2.28. The molecule has 0 N–H and O–H groups in total. The molecular formula is C19H23NO5. The van der Waals surface area contributed by atoms with Crippen LogP contribution in [-0.4, -0.2) is 44.2 Å². The monoisotopic (exact) mass is 345 g/mol. The van der Waals surface area contributed by atoms with Crippen LogP contribution in [0.3, 0.4) is 0 Å². The quantitative estimate of drug-likeness (QED) is 0.739. The zero-order valence-corrected chi connectivity index (χ0v) is 14.9. The number of esters is 2. The van der Waals surface area contributed by atoms with E-state index in [9.17, 15) is 9.59 Å². The van der Waals surface area contributed by atoms with Crippen LogP contribution in [0.4, 0.5) is 0 Å². The van der Waals surface area contributed by atoms with Gasteiger partial charge in [-0.3, -0.25) is 0 Å². The molecule has 0 atom stereocenters. The van der Waals surface area contributed by atoms with Crippen molar-refractivity contribution in [1.82, 2.24) is 4.90 Å². The lowest BCUT2D eigenvalue weighted by atomic mass is 9.83. The molecule has 0 radical (unpaired) electrons. The van der Waals surface area contributed by atoms with Gasteiger partial charge < -0.3 is 19.1 Å². The molecule has 6 heteroatoms. The Morgan fingerprint density at radius 1 is 1.04 bits per heavy atom. The highest BCUT2D eigenvalue weighted by Crippen LogP contribution is 2.38. The topological polar surface area (TPSA) is 65.1 Å². The number of carbonyl (C=O) groups is 2. The molecule has 0 spiro atoms. The first kappa shape index (κ1) is 18.6. The Labute approximate surface area is 147 Å². The van der Waals surface area contributed by atoms with E-state index < -0.39 is 17.9 Å². The summed E-state index contributed by atoms with van der Waals surface area (Å²) in [6, 6.07) is 7.33. The summed E-state index contributed by atoms with van der Waals surface area (Å²) < 4.78 is 15.4. The Morgan fingerprint density at radius 2 is 1.64 bits per heavy atom. The van der Waals surface area contributed by atoms with E-state index >= 15 is 0 Å². The van der Waals surface area contributed by atoms with Crippen LogP contribution in [0.5, 0.6) is 5.75 Å². The van der Waals surface area contributed by atoms with Crippen LogP contribution in [0.15, 0.2) is 47.8 Å². The lowest BCUT2D eigenvalue weighted by Gasteiger charge is -2.29. The van der Waals surface area contributed by atoms with Crippen LogP contribution < -0.4 is 4.74 Å². The first-order valence-electron chi connectivity index (χ1n) is 8.14. The zero-order chi connectivity index (χ0) is 18.4. The summed E-state index contributed by atoms with van der Waals surface area (Å²) in [7, 11) is 2.65. The predicted molar refractivity (Wildman–Crippen MR) is 92.9 cm³/mol. The summed E-state index contributed by atoms with van der Waals surface area (Å²) in [6.45, 7) is 4.95. The van der Waals surface area contributed by atoms with Gasteiger partial charge in [-0.15, -0.1) is 0 Å². The van der Waals surface area contributed by atoms with Gasteiger partial charge in [-0.2, -0.15) is 0 Å². The van der Waals surface area contributed by atoms with Crippen molar-refractivity contribution >= 4 is 11.9 Å². The van der Waals surface area contributed by atoms with Crippen molar-refractivity contribution in [3.05, 3.63) is 53.4 Å². The number of rotatable bonds is 6. The molecule has 1 heterocycles. The van der Waals surface area contributed by atoms with Crippen molar-refractivity contribution in [2.45, 2.75) is 19.8 Å². The molecule has 0 saturated heterocycles. The minimum absolute atomic E-state index is 0.376. The second-order valence-corrected chi connectivity index (χ2v) is 5.42.